The zero-order valence-electron chi connectivity index (χ0n) is 22.2. The number of nitrogens with zero attached hydrogens (tertiary/aromatic N) is 3. The summed E-state index contributed by atoms with van der Waals surface area (Å²) in [5.74, 6) is -1.47. The topological polar surface area (TPSA) is 65.9 Å². The van der Waals surface area contributed by atoms with Gasteiger partial charge in [-0.25, -0.2) is 19.1 Å². The number of aliphatic hydroxyl groups is 1. The maximum absolute atomic E-state index is 14.1. The highest BCUT2D eigenvalue weighted by molar-refractivity contribution is 6.29. The first-order valence-electron chi connectivity index (χ1n) is 12.1. The normalized spacial score (nSPS) is 15.1. The third-order valence-electron chi connectivity index (χ3n) is 5.57. The average molecular weight is 568 g/mol. The summed E-state index contributed by atoms with van der Waals surface area (Å²) in [6, 6.07) is 5.63. The molecular formula is C28H30ClF4N3O3. The summed E-state index contributed by atoms with van der Waals surface area (Å²) in [5, 5.41) is 10.1. The Morgan fingerprint density at radius 1 is 1.21 bits per heavy atom. The Hall–Kier alpha value is -3.37. The molecule has 0 aliphatic carbocycles. The van der Waals surface area contributed by atoms with Crippen LogP contribution in [0.2, 0.25) is 5.15 Å². The van der Waals surface area contributed by atoms with Gasteiger partial charge in [-0.3, -0.25) is 0 Å². The van der Waals surface area contributed by atoms with E-state index >= 15 is 0 Å². The van der Waals surface area contributed by atoms with Crippen molar-refractivity contribution < 1.29 is 32.2 Å². The van der Waals surface area contributed by atoms with E-state index in [0.29, 0.717) is 47.7 Å². The van der Waals surface area contributed by atoms with Gasteiger partial charge in [0.15, 0.2) is 0 Å². The number of aryl methyl sites for hydroxylation is 1. The zero-order valence-corrected chi connectivity index (χ0v) is 23.0. The van der Waals surface area contributed by atoms with Crippen molar-refractivity contribution in [2.24, 2.45) is 0 Å². The highest BCUT2D eigenvalue weighted by Gasteiger charge is 2.36. The number of hydrogen-bond donors (Lipinski definition) is 1. The summed E-state index contributed by atoms with van der Waals surface area (Å²) in [6.45, 7) is 12.7. The number of hydrogen-bond acceptors (Lipinski definition) is 5. The van der Waals surface area contributed by atoms with Crippen molar-refractivity contribution in [2.45, 2.75) is 58.9 Å². The number of carbonyl (C=O) groups is 1. The van der Waals surface area contributed by atoms with Crippen molar-refractivity contribution >= 4 is 29.1 Å². The second kappa shape index (κ2) is 11.4. The molecule has 11 heteroatoms. The van der Waals surface area contributed by atoms with Gasteiger partial charge in [0.05, 0.1) is 28.7 Å². The largest absolute Gasteiger partial charge is 0.443 e. The van der Waals surface area contributed by atoms with Crippen LogP contribution >= 0.6 is 11.6 Å². The Kier molecular flexibility index (Phi) is 8.82. The van der Waals surface area contributed by atoms with Crippen LogP contribution in [0.5, 0.6) is 0 Å². The van der Waals surface area contributed by atoms with Crippen molar-refractivity contribution in [3.05, 3.63) is 88.2 Å². The van der Waals surface area contributed by atoms with Gasteiger partial charge in [0.1, 0.15) is 16.6 Å². The quantitative estimate of drug-likeness (QED) is 0.290. The minimum atomic E-state index is -4.99. The van der Waals surface area contributed by atoms with Crippen molar-refractivity contribution in [1.29, 1.82) is 0 Å². The number of anilines is 1. The van der Waals surface area contributed by atoms with E-state index in [2.05, 4.69) is 11.6 Å². The Morgan fingerprint density at radius 2 is 1.87 bits per heavy atom. The number of aliphatic hydroxyl groups excluding tert-OH is 1. The van der Waals surface area contributed by atoms with Gasteiger partial charge in [-0.05, 0) is 83.5 Å². The first kappa shape index (κ1) is 30.2. The highest BCUT2D eigenvalue weighted by Crippen LogP contribution is 2.38. The molecule has 0 radical (unpaired) electrons. The van der Waals surface area contributed by atoms with E-state index in [1.165, 1.54) is 6.08 Å². The molecule has 0 spiro atoms. The van der Waals surface area contributed by atoms with E-state index in [1.807, 2.05) is 0 Å². The van der Waals surface area contributed by atoms with E-state index in [0.717, 1.165) is 11.0 Å². The van der Waals surface area contributed by atoms with Gasteiger partial charge in [0, 0.05) is 23.5 Å². The van der Waals surface area contributed by atoms with Gasteiger partial charge in [-0.1, -0.05) is 18.2 Å². The summed E-state index contributed by atoms with van der Waals surface area (Å²) in [5.41, 5.74) is -0.533. The number of amides is 1. The lowest BCUT2D eigenvalue weighted by molar-refractivity contribution is -0.139. The lowest BCUT2D eigenvalue weighted by Gasteiger charge is -2.35. The maximum Gasteiger partial charge on any atom is 0.419 e. The van der Waals surface area contributed by atoms with Crippen molar-refractivity contribution in [3.8, 4) is 0 Å². The molecule has 0 fully saturated rings. The number of ether oxygens (including phenoxy) is 1. The minimum Gasteiger partial charge on any atom is -0.443 e. The number of carbonyl (C=O) groups excluding carboxylic acids is 1. The van der Waals surface area contributed by atoms with Crippen LogP contribution in [0.4, 0.5) is 28.0 Å². The molecule has 1 unspecified atom stereocenters. The van der Waals surface area contributed by atoms with Crippen LogP contribution < -0.4 is 4.90 Å². The van der Waals surface area contributed by atoms with Crippen molar-refractivity contribution in [1.82, 2.24) is 9.88 Å². The number of allylic oxidation sites excluding steroid dienone is 2. The molecule has 0 saturated heterocycles. The number of alkyl halides is 3. The van der Waals surface area contributed by atoms with Crippen LogP contribution in [0.15, 0.2) is 60.5 Å². The van der Waals surface area contributed by atoms with Crippen molar-refractivity contribution in [2.75, 3.05) is 11.4 Å². The Balaban J connectivity index is 2.23. The highest BCUT2D eigenvalue weighted by atomic mass is 35.5. The SMILES string of the molecule is C=C1C=C(N(C(=O)OC(C)(C)C)c2ccc(F)c(C(F)(F)F)c2)C=C(c2cc(C)nc(Cl)c2)N1CCC(C)O. The molecule has 2 heterocycles. The fraction of sp³-hybridized carbons (Fsp3) is 0.357. The summed E-state index contributed by atoms with van der Waals surface area (Å²) in [6.07, 6.45) is -3.14. The summed E-state index contributed by atoms with van der Waals surface area (Å²) < 4.78 is 60.3. The third kappa shape index (κ3) is 7.60. The van der Waals surface area contributed by atoms with Gasteiger partial charge in [0.25, 0.3) is 0 Å². The fourth-order valence-electron chi connectivity index (χ4n) is 3.92. The smallest absolute Gasteiger partial charge is 0.419 e. The van der Waals surface area contributed by atoms with E-state index in [9.17, 15) is 27.5 Å². The lowest BCUT2D eigenvalue weighted by atomic mass is 10.0. The maximum atomic E-state index is 14.1. The molecule has 0 saturated carbocycles. The molecule has 39 heavy (non-hydrogen) atoms. The molecule has 1 aromatic carbocycles. The molecule has 6 nitrogen and oxygen atoms in total. The van der Waals surface area contributed by atoms with Crippen LogP contribution in [0.25, 0.3) is 5.70 Å². The van der Waals surface area contributed by atoms with E-state index in [4.69, 9.17) is 16.3 Å². The second-order valence-corrected chi connectivity index (χ2v) is 10.6. The first-order chi connectivity index (χ1) is 18.0. The molecule has 1 amide bonds. The Bertz CT molecular complexity index is 1310. The molecule has 3 rings (SSSR count). The fourth-order valence-corrected chi connectivity index (χ4v) is 4.18. The number of pyridine rings is 1. The van der Waals surface area contributed by atoms with Crippen LogP contribution in [0, 0.1) is 12.7 Å². The number of aromatic nitrogens is 1. The predicted octanol–water partition coefficient (Wildman–Crippen LogP) is 7.47. The van der Waals surface area contributed by atoms with Gasteiger partial charge in [0.2, 0.25) is 0 Å². The van der Waals surface area contributed by atoms with Crippen molar-refractivity contribution in [3.63, 3.8) is 0 Å². The molecule has 1 aliphatic heterocycles. The van der Waals surface area contributed by atoms with Gasteiger partial charge < -0.3 is 14.7 Å². The van der Waals surface area contributed by atoms with E-state index in [1.54, 1.807) is 57.7 Å². The summed E-state index contributed by atoms with van der Waals surface area (Å²) in [7, 11) is 0. The lowest BCUT2D eigenvalue weighted by Crippen LogP contribution is -2.38. The number of halogens is 5. The molecule has 1 aromatic heterocycles. The van der Waals surface area contributed by atoms with E-state index < -0.39 is 35.4 Å². The van der Waals surface area contributed by atoms with Crippen LogP contribution in [-0.2, 0) is 10.9 Å². The van der Waals surface area contributed by atoms with Gasteiger partial charge >= 0.3 is 12.3 Å². The minimum absolute atomic E-state index is 0.128. The van der Waals surface area contributed by atoms with Gasteiger partial charge in [-0.2, -0.15) is 13.2 Å². The Morgan fingerprint density at radius 3 is 2.44 bits per heavy atom. The Labute approximate surface area is 229 Å². The molecule has 0 bridgehead atoms. The molecule has 1 atom stereocenters. The van der Waals surface area contributed by atoms with Crippen LogP contribution in [0.3, 0.4) is 0 Å². The second-order valence-electron chi connectivity index (χ2n) is 10.2. The third-order valence-corrected chi connectivity index (χ3v) is 5.77. The summed E-state index contributed by atoms with van der Waals surface area (Å²) in [4.78, 5) is 20.3. The number of rotatable bonds is 6. The number of benzene rings is 1. The first-order valence-corrected chi connectivity index (χ1v) is 12.5. The van der Waals surface area contributed by atoms with Crippen LogP contribution in [-0.4, -0.2) is 39.3 Å². The molecule has 2 aromatic rings. The molecule has 210 valence electrons. The predicted molar refractivity (Wildman–Crippen MR) is 142 cm³/mol. The molecule has 1 aliphatic rings. The molecular weight excluding hydrogens is 538 g/mol. The van der Waals surface area contributed by atoms with Gasteiger partial charge in [-0.15, -0.1) is 0 Å². The monoisotopic (exact) mass is 567 g/mol. The zero-order chi connectivity index (χ0) is 29.3. The summed E-state index contributed by atoms with van der Waals surface area (Å²) >= 11 is 6.21. The average Bonchev–Trinajstić information content (AvgIpc) is 2.76. The standard InChI is InChI=1S/C28H30ClF4N3O3/c1-16-11-19(13-25(29)34-16)24-15-21(12-17(2)35(24)10-9-18(3)37)36(26(38)39-27(4,5)6)20-7-8-23(30)22(14-20)28(31,32)33/h7-8,11-15,18,37H,2,9-10H2,1,3-6H3. The van der Waals surface area contributed by atoms with E-state index in [-0.39, 0.29) is 16.5 Å². The molecule has 1 N–H and O–H groups in total. The van der Waals surface area contributed by atoms with Crippen LogP contribution in [0.1, 0.15) is 50.9 Å².